The molecule has 1 heterocycles. The summed E-state index contributed by atoms with van der Waals surface area (Å²) in [5, 5.41) is 18.7. The fourth-order valence-electron chi connectivity index (χ4n) is 1.81. The van der Waals surface area contributed by atoms with Gasteiger partial charge in [-0.1, -0.05) is 11.8 Å². The number of aliphatic carboxylic acids is 1. The van der Waals surface area contributed by atoms with Crippen molar-refractivity contribution in [1.29, 1.82) is 0 Å². The van der Waals surface area contributed by atoms with Gasteiger partial charge in [0, 0.05) is 0 Å². The first-order valence-electron chi connectivity index (χ1n) is 6.44. The van der Waals surface area contributed by atoms with Crippen LogP contribution in [0.25, 0.3) is 0 Å². The third-order valence-corrected chi connectivity index (χ3v) is 4.03. The minimum Gasteiger partial charge on any atom is -0.497 e. The maximum absolute atomic E-state index is 11.5. The number of hydrogen-bond acceptors (Lipinski definition) is 6. The van der Waals surface area contributed by atoms with Crippen LogP contribution in [0.1, 0.15) is 17.5 Å². The highest BCUT2D eigenvalue weighted by atomic mass is 32.2. The molecule has 2 rings (SSSR count). The standard InChI is InChI=1S/C14H15N3O4S/c1-8-5-10(21-2)4-3-9(8)7-15-17-14-16-13(20)11(22-14)6-12(18)19/h3-5,7,11H,6H2,1-2H3,(H,18,19)(H,16,17,20). The molecule has 7 nitrogen and oxygen atoms in total. The number of thioether (sulfide) groups is 1. The van der Waals surface area contributed by atoms with Gasteiger partial charge in [0.15, 0.2) is 5.17 Å². The highest BCUT2D eigenvalue weighted by Gasteiger charge is 2.32. The number of nitrogens with one attached hydrogen (secondary N) is 1. The lowest BCUT2D eigenvalue weighted by atomic mass is 10.1. The van der Waals surface area contributed by atoms with Crippen molar-refractivity contribution in [3.63, 3.8) is 0 Å². The fraction of sp³-hybridized carbons (Fsp3) is 0.286. The highest BCUT2D eigenvalue weighted by Crippen LogP contribution is 2.22. The van der Waals surface area contributed by atoms with Crippen molar-refractivity contribution >= 4 is 35.0 Å². The quantitative estimate of drug-likeness (QED) is 0.630. The van der Waals surface area contributed by atoms with Crippen molar-refractivity contribution in [2.75, 3.05) is 7.11 Å². The molecule has 0 aliphatic carbocycles. The maximum Gasteiger partial charge on any atom is 0.305 e. The van der Waals surface area contributed by atoms with Crippen LogP contribution in [0.2, 0.25) is 0 Å². The van der Waals surface area contributed by atoms with Crippen molar-refractivity contribution in [3.05, 3.63) is 29.3 Å². The van der Waals surface area contributed by atoms with Crippen LogP contribution in [0.3, 0.4) is 0 Å². The van der Waals surface area contributed by atoms with E-state index in [9.17, 15) is 9.59 Å². The van der Waals surface area contributed by atoms with E-state index in [-0.39, 0.29) is 12.3 Å². The second-order valence-corrected chi connectivity index (χ2v) is 5.76. The SMILES string of the molecule is COc1ccc(C=NN=C2NC(=O)C(CC(=O)O)S2)c(C)c1. The molecule has 1 aromatic carbocycles. The molecule has 1 amide bonds. The Bertz CT molecular complexity index is 657. The summed E-state index contributed by atoms with van der Waals surface area (Å²) in [5.41, 5.74) is 1.86. The van der Waals surface area contributed by atoms with Gasteiger partial charge in [0.1, 0.15) is 11.0 Å². The van der Waals surface area contributed by atoms with E-state index in [0.29, 0.717) is 5.17 Å². The van der Waals surface area contributed by atoms with Crippen molar-refractivity contribution in [2.24, 2.45) is 10.2 Å². The normalized spacial score (nSPS) is 19.6. The lowest BCUT2D eigenvalue weighted by molar-refractivity contribution is -0.138. The molecule has 0 radical (unpaired) electrons. The average Bonchev–Trinajstić information content (AvgIpc) is 2.80. The molecule has 1 saturated heterocycles. The van der Waals surface area contributed by atoms with Crippen molar-refractivity contribution < 1.29 is 19.4 Å². The Kier molecular flexibility index (Phi) is 5.16. The second-order valence-electron chi connectivity index (χ2n) is 4.57. The number of nitrogens with zero attached hydrogens (tertiary/aromatic N) is 2. The predicted octanol–water partition coefficient (Wildman–Crippen LogP) is 1.40. The fourth-order valence-corrected chi connectivity index (χ4v) is 2.72. The number of carbonyl (C=O) groups is 2. The molecule has 22 heavy (non-hydrogen) atoms. The van der Waals surface area contributed by atoms with Crippen LogP contribution in [-0.4, -0.2) is 40.7 Å². The lowest BCUT2D eigenvalue weighted by Crippen LogP contribution is -2.26. The Morgan fingerprint density at radius 2 is 2.32 bits per heavy atom. The molecule has 1 atom stereocenters. The van der Waals surface area contributed by atoms with Crippen molar-refractivity contribution in [1.82, 2.24) is 5.32 Å². The summed E-state index contributed by atoms with van der Waals surface area (Å²) in [7, 11) is 1.60. The van der Waals surface area contributed by atoms with Gasteiger partial charge in [-0.3, -0.25) is 9.59 Å². The lowest BCUT2D eigenvalue weighted by Gasteiger charge is -2.03. The highest BCUT2D eigenvalue weighted by molar-refractivity contribution is 8.15. The van der Waals surface area contributed by atoms with Crippen LogP contribution < -0.4 is 10.1 Å². The smallest absolute Gasteiger partial charge is 0.305 e. The number of hydrogen-bond donors (Lipinski definition) is 2. The van der Waals surface area contributed by atoms with Crippen LogP contribution in [0.15, 0.2) is 28.4 Å². The van der Waals surface area contributed by atoms with Gasteiger partial charge < -0.3 is 15.2 Å². The molecular formula is C14H15N3O4S. The topological polar surface area (TPSA) is 100 Å². The molecule has 1 aromatic rings. The van der Waals surface area contributed by atoms with Crippen LogP contribution in [0, 0.1) is 6.92 Å². The Hall–Kier alpha value is -2.35. The molecule has 1 aliphatic rings. The van der Waals surface area contributed by atoms with Crippen LogP contribution >= 0.6 is 11.8 Å². The number of benzene rings is 1. The van der Waals surface area contributed by atoms with E-state index < -0.39 is 11.2 Å². The van der Waals surface area contributed by atoms with E-state index >= 15 is 0 Å². The number of aryl methyl sites for hydroxylation is 1. The molecular weight excluding hydrogens is 306 g/mol. The van der Waals surface area contributed by atoms with Crippen LogP contribution in [0.4, 0.5) is 0 Å². The molecule has 116 valence electrons. The van der Waals surface area contributed by atoms with Gasteiger partial charge >= 0.3 is 5.97 Å². The number of carboxylic acid groups (broad SMARTS) is 1. The van der Waals surface area contributed by atoms with Gasteiger partial charge in [-0.15, -0.1) is 5.10 Å². The van der Waals surface area contributed by atoms with Crippen molar-refractivity contribution in [2.45, 2.75) is 18.6 Å². The summed E-state index contributed by atoms with van der Waals surface area (Å²) in [6, 6.07) is 5.55. The number of carboxylic acids is 1. The first-order valence-corrected chi connectivity index (χ1v) is 7.32. The molecule has 0 spiro atoms. The number of carbonyl (C=O) groups excluding carboxylic acids is 1. The maximum atomic E-state index is 11.5. The molecule has 2 N–H and O–H groups in total. The number of ether oxygens (including phenoxy) is 1. The Labute approximate surface area is 131 Å². The number of methoxy groups -OCH3 is 1. The zero-order valence-corrected chi connectivity index (χ0v) is 12.9. The Morgan fingerprint density at radius 3 is 2.95 bits per heavy atom. The minimum absolute atomic E-state index is 0.239. The summed E-state index contributed by atoms with van der Waals surface area (Å²) in [5.74, 6) is -0.621. The minimum atomic E-state index is -1.02. The Morgan fingerprint density at radius 1 is 1.55 bits per heavy atom. The zero-order valence-electron chi connectivity index (χ0n) is 12.1. The van der Waals surface area contributed by atoms with E-state index in [4.69, 9.17) is 9.84 Å². The molecule has 1 fully saturated rings. The van der Waals surface area contributed by atoms with Crippen LogP contribution in [-0.2, 0) is 9.59 Å². The average molecular weight is 321 g/mol. The summed E-state index contributed by atoms with van der Waals surface area (Å²) < 4.78 is 5.12. The first-order chi connectivity index (χ1) is 10.5. The Balaban J connectivity index is 2.03. The van der Waals surface area contributed by atoms with E-state index in [2.05, 4.69) is 15.5 Å². The summed E-state index contributed by atoms with van der Waals surface area (Å²) >= 11 is 1.07. The van der Waals surface area contributed by atoms with E-state index in [1.54, 1.807) is 13.3 Å². The molecule has 8 heteroatoms. The molecule has 0 saturated carbocycles. The van der Waals surface area contributed by atoms with Crippen molar-refractivity contribution in [3.8, 4) is 5.75 Å². The molecule has 1 aliphatic heterocycles. The van der Waals surface area contributed by atoms with Gasteiger partial charge in [0.05, 0.1) is 19.7 Å². The summed E-state index contributed by atoms with van der Waals surface area (Å²) in [6.45, 7) is 1.92. The van der Waals surface area contributed by atoms with E-state index in [0.717, 1.165) is 28.6 Å². The molecule has 0 aromatic heterocycles. The molecule has 0 bridgehead atoms. The van der Waals surface area contributed by atoms with Gasteiger partial charge in [-0.05, 0) is 36.2 Å². The third-order valence-electron chi connectivity index (χ3n) is 2.96. The predicted molar refractivity (Wildman–Crippen MR) is 84.5 cm³/mol. The number of amidine groups is 1. The third kappa shape index (κ3) is 4.08. The largest absolute Gasteiger partial charge is 0.497 e. The molecule has 1 unspecified atom stereocenters. The first kappa shape index (κ1) is 16.0. The van der Waals surface area contributed by atoms with Gasteiger partial charge in [-0.25, -0.2) is 0 Å². The summed E-state index contributed by atoms with van der Waals surface area (Å²) in [6.07, 6.45) is 1.33. The number of rotatable bonds is 5. The van der Waals surface area contributed by atoms with E-state index in [1.807, 2.05) is 25.1 Å². The number of amides is 1. The van der Waals surface area contributed by atoms with Crippen LogP contribution in [0.5, 0.6) is 5.75 Å². The van der Waals surface area contributed by atoms with Gasteiger partial charge in [0.25, 0.3) is 0 Å². The zero-order chi connectivity index (χ0) is 16.1. The monoisotopic (exact) mass is 321 g/mol. The summed E-state index contributed by atoms with van der Waals surface area (Å²) in [4.78, 5) is 22.2. The second kappa shape index (κ2) is 7.08. The van der Waals surface area contributed by atoms with Gasteiger partial charge in [-0.2, -0.15) is 5.10 Å². The van der Waals surface area contributed by atoms with Gasteiger partial charge in [0.2, 0.25) is 5.91 Å². The van der Waals surface area contributed by atoms with E-state index in [1.165, 1.54) is 0 Å².